The second-order valence-corrected chi connectivity index (χ2v) is 5.95. The SMILES string of the molecule is COc1cccc(Cl)c1CNC1CN2CCC1CC2. The van der Waals surface area contributed by atoms with Gasteiger partial charge in [0.2, 0.25) is 0 Å². The first-order valence-electron chi connectivity index (χ1n) is 7.05. The topological polar surface area (TPSA) is 24.5 Å². The zero-order valence-corrected chi connectivity index (χ0v) is 12.1. The number of nitrogens with zero attached hydrogens (tertiary/aromatic N) is 1. The molecule has 0 aromatic heterocycles. The molecule has 0 saturated carbocycles. The van der Waals surface area contributed by atoms with Crippen molar-refractivity contribution in [3.63, 3.8) is 0 Å². The van der Waals surface area contributed by atoms with E-state index >= 15 is 0 Å². The van der Waals surface area contributed by atoms with Crippen LogP contribution in [0.2, 0.25) is 5.02 Å². The van der Waals surface area contributed by atoms with Crippen LogP contribution in [-0.2, 0) is 6.54 Å². The van der Waals surface area contributed by atoms with Crippen LogP contribution in [0, 0.1) is 5.92 Å². The molecule has 1 unspecified atom stereocenters. The summed E-state index contributed by atoms with van der Waals surface area (Å²) < 4.78 is 5.39. The number of halogens is 1. The highest BCUT2D eigenvalue weighted by Gasteiger charge is 2.33. The first-order chi connectivity index (χ1) is 9.28. The Labute approximate surface area is 119 Å². The van der Waals surface area contributed by atoms with Crippen molar-refractivity contribution in [1.29, 1.82) is 0 Å². The van der Waals surface area contributed by atoms with Crippen molar-refractivity contribution >= 4 is 11.6 Å². The summed E-state index contributed by atoms with van der Waals surface area (Å²) in [5, 5.41) is 4.46. The van der Waals surface area contributed by atoms with E-state index in [-0.39, 0.29) is 0 Å². The van der Waals surface area contributed by atoms with Gasteiger partial charge in [0.1, 0.15) is 5.75 Å². The lowest BCUT2D eigenvalue weighted by molar-refractivity contribution is 0.0719. The summed E-state index contributed by atoms with van der Waals surface area (Å²) >= 11 is 6.27. The van der Waals surface area contributed by atoms with Crippen molar-refractivity contribution in [3.05, 3.63) is 28.8 Å². The molecule has 4 heteroatoms. The Bertz CT molecular complexity index is 444. The molecular weight excluding hydrogens is 260 g/mol. The van der Waals surface area contributed by atoms with Gasteiger partial charge in [-0.05, 0) is 44.0 Å². The molecule has 1 aromatic rings. The van der Waals surface area contributed by atoms with Crippen LogP contribution in [0.4, 0.5) is 0 Å². The van der Waals surface area contributed by atoms with E-state index in [1.54, 1.807) is 7.11 Å². The normalized spacial score (nSPS) is 29.5. The van der Waals surface area contributed by atoms with Gasteiger partial charge in [0.25, 0.3) is 0 Å². The Morgan fingerprint density at radius 2 is 2.16 bits per heavy atom. The Hall–Kier alpha value is -0.770. The number of hydrogen-bond donors (Lipinski definition) is 1. The number of rotatable bonds is 4. The van der Waals surface area contributed by atoms with Gasteiger partial charge in [-0.25, -0.2) is 0 Å². The lowest BCUT2D eigenvalue weighted by Gasteiger charge is -2.45. The summed E-state index contributed by atoms with van der Waals surface area (Å²) in [7, 11) is 1.70. The molecule has 3 saturated heterocycles. The highest BCUT2D eigenvalue weighted by atomic mass is 35.5. The highest BCUT2D eigenvalue weighted by Crippen LogP contribution is 2.30. The number of methoxy groups -OCH3 is 1. The van der Waals surface area contributed by atoms with Crippen LogP contribution in [0.15, 0.2) is 18.2 Å². The second-order valence-electron chi connectivity index (χ2n) is 5.55. The van der Waals surface area contributed by atoms with Crippen LogP contribution in [-0.4, -0.2) is 37.7 Å². The molecule has 3 heterocycles. The predicted octanol–water partition coefficient (Wildman–Crippen LogP) is 2.53. The van der Waals surface area contributed by atoms with Crippen molar-refractivity contribution < 1.29 is 4.74 Å². The lowest BCUT2D eigenvalue weighted by atomic mass is 9.84. The van der Waals surface area contributed by atoms with Gasteiger partial charge >= 0.3 is 0 Å². The molecule has 3 fully saturated rings. The van der Waals surface area contributed by atoms with Crippen molar-refractivity contribution in [3.8, 4) is 5.75 Å². The number of ether oxygens (including phenoxy) is 1. The fourth-order valence-corrected chi connectivity index (χ4v) is 3.56. The summed E-state index contributed by atoms with van der Waals surface area (Å²) in [6.45, 7) is 4.52. The smallest absolute Gasteiger partial charge is 0.124 e. The molecule has 19 heavy (non-hydrogen) atoms. The standard InChI is InChI=1S/C15H21ClN2O/c1-19-15-4-2-3-13(16)12(15)9-17-14-10-18-7-5-11(14)6-8-18/h2-4,11,14,17H,5-10H2,1H3. The molecule has 4 rings (SSSR count). The van der Waals surface area contributed by atoms with E-state index < -0.39 is 0 Å². The molecule has 0 spiro atoms. The quantitative estimate of drug-likeness (QED) is 0.917. The summed E-state index contributed by atoms with van der Waals surface area (Å²) in [6, 6.07) is 6.43. The van der Waals surface area contributed by atoms with Crippen LogP contribution in [0.1, 0.15) is 18.4 Å². The lowest BCUT2D eigenvalue weighted by Crippen LogP contribution is -2.55. The van der Waals surface area contributed by atoms with E-state index in [1.807, 2.05) is 18.2 Å². The Morgan fingerprint density at radius 3 is 2.79 bits per heavy atom. The van der Waals surface area contributed by atoms with E-state index in [9.17, 15) is 0 Å². The Balaban J connectivity index is 1.66. The number of benzene rings is 1. The van der Waals surface area contributed by atoms with Gasteiger partial charge in [-0.2, -0.15) is 0 Å². The van der Waals surface area contributed by atoms with Crippen molar-refractivity contribution in [1.82, 2.24) is 10.2 Å². The first kappa shape index (κ1) is 13.2. The molecule has 0 amide bonds. The molecular formula is C15H21ClN2O. The number of hydrogen-bond acceptors (Lipinski definition) is 3. The van der Waals surface area contributed by atoms with Gasteiger partial charge in [-0.3, -0.25) is 0 Å². The minimum absolute atomic E-state index is 0.600. The van der Waals surface area contributed by atoms with E-state index in [0.717, 1.165) is 28.8 Å². The molecule has 3 aliphatic heterocycles. The maximum Gasteiger partial charge on any atom is 0.124 e. The second kappa shape index (κ2) is 5.70. The van der Waals surface area contributed by atoms with Crippen LogP contribution < -0.4 is 10.1 Å². The molecule has 0 radical (unpaired) electrons. The number of piperidine rings is 3. The third kappa shape index (κ3) is 2.73. The maximum atomic E-state index is 6.27. The molecule has 3 aliphatic rings. The van der Waals surface area contributed by atoms with E-state index in [0.29, 0.717) is 6.04 Å². The summed E-state index contributed by atoms with van der Waals surface area (Å²) in [4.78, 5) is 2.56. The minimum atomic E-state index is 0.600. The van der Waals surface area contributed by atoms with Gasteiger partial charge in [0.05, 0.1) is 7.11 Å². The highest BCUT2D eigenvalue weighted by molar-refractivity contribution is 6.31. The average molecular weight is 281 g/mol. The maximum absolute atomic E-state index is 6.27. The molecule has 104 valence electrons. The van der Waals surface area contributed by atoms with Crippen LogP contribution in [0.25, 0.3) is 0 Å². The Kier molecular flexibility index (Phi) is 3.96. The van der Waals surface area contributed by atoms with Crippen LogP contribution in [0.3, 0.4) is 0 Å². The minimum Gasteiger partial charge on any atom is -0.496 e. The van der Waals surface area contributed by atoms with Gasteiger partial charge in [0.15, 0.2) is 0 Å². The fraction of sp³-hybridized carbons (Fsp3) is 0.600. The largest absolute Gasteiger partial charge is 0.496 e. The van der Waals surface area contributed by atoms with Crippen LogP contribution in [0.5, 0.6) is 5.75 Å². The molecule has 1 N–H and O–H groups in total. The summed E-state index contributed by atoms with van der Waals surface area (Å²) in [5.74, 6) is 1.71. The molecule has 1 aromatic carbocycles. The van der Waals surface area contributed by atoms with Gasteiger partial charge in [0, 0.05) is 29.7 Å². The summed E-state index contributed by atoms with van der Waals surface area (Å²) in [5.41, 5.74) is 1.07. The van der Waals surface area contributed by atoms with E-state index in [1.165, 1.54) is 32.5 Å². The molecule has 3 nitrogen and oxygen atoms in total. The molecule has 0 aliphatic carbocycles. The third-order valence-electron chi connectivity index (χ3n) is 4.49. The van der Waals surface area contributed by atoms with Crippen LogP contribution >= 0.6 is 11.6 Å². The number of fused-ring (bicyclic) bond motifs is 3. The van der Waals surface area contributed by atoms with Gasteiger partial charge < -0.3 is 15.0 Å². The van der Waals surface area contributed by atoms with E-state index in [4.69, 9.17) is 16.3 Å². The van der Waals surface area contributed by atoms with Crippen molar-refractivity contribution in [2.75, 3.05) is 26.7 Å². The third-order valence-corrected chi connectivity index (χ3v) is 4.85. The zero-order chi connectivity index (χ0) is 13.2. The van der Waals surface area contributed by atoms with Crippen molar-refractivity contribution in [2.24, 2.45) is 5.92 Å². The van der Waals surface area contributed by atoms with Gasteiger partial charge in [-0.1, -0.05) is 17.7 Å². The van der Waals surface area contributed by atoms with Crippen molar-refractivity contribution in [2.45, 2.75) is 25.4 Å². The monoisotopic (exact) mass is 280 g/mol. The zero-order valence-electron chi connectivity index (χ0n) is 11.4. The number of nitrogens with one attached hydrogen (secondary N) is 1. The molecule has 1 atom stereocenters. The Morgan fingerprint density at radius 1 is 1.37 bits per heavy atom. The molecule has 2 bridgehead atoms. The fourth-order valence-electron chi connectivity index (χ4n) is 3.33. The average Bonchev–Trinajstić information content (AvgIpc) is 2.47. The first-order valence-corrected chi connectivity index (χ1v) is 7.43. The van der Waals surface area contributed by atoms with E-state index in [2.05, 4.69) is 10.2 Å². The van der Waals surface area contributed by atoms with Gasteiger partial charge in [-0.15, -0.1) is 0 Å². The predicted molar refractivity (Wildman–Crippen MR) is 77.8 cm³/mol. The summed E-state index contributed by atoms with van der Waals surface area (Å²) in [6.07, 6.45) is 2.66.